The molecule has 1 aliphatic heterocycles. The van der Waals surface area contributed by atoms with Crippen molar-refractivity contribution in [2.75, 3.05) is 20.3 Å². The number of carbonyl (C=O) groups is 2. The SMILES string of the molecule is CC(=O)CC(=O)N(C)C1CCOC1. The highest BCUT2D eigenvalue weighted by atomic mass is 16.5. The molecule has 4 heteroatoms. The smallest absolute Gasteiger partial charge is 0.230 e. The molecule has 0 aliphatic carbocycles. The minimum atomic E-state index is -0.108. The van der Waals surface area contributed by atoms with Crippen LogP contribution in [-0.4, -0.2) is 42.9 Å². The zero-order valence-corrected chi connectivity index (χ0v) is 8.08. The van der Waals surface area contributed by atoms with E-state index in [4.69, 9.17) is 4.74 Å². The number of rotatable bonds is 3. The van der Waals surface area contributed by atoms with Crippen LogP contribution < -0.4 is 0 Å². The Kier molecular flexibility index (Phi) is 3.42. The molecule has 1 aliphatic rings. The van der Waals surface area contributed by atoms with Crippen LogP contribution in [0.1, 0.15) is 19.8 Å². The van der Waals surface area contributed by atoms with E-state index in [9.17, 15) is 9.59 Å². The molecule has 0 N–H and O–H groups in total. The monoisotopic (exact) mass is 185 g/mol. The molecule has 1 fully saturated rings. The molecule has 0 spiro atoms. The van der Waals surface area contributed by atoms with E-state index in [1.165, 1.54) is 6.92 Å². The van der Waals surface area contributed by atoms with Gasteiger partial charge in [-0.15, -0.1) is 0 Å². The van der Waals surface area contributed by atoms with Crippen molar-refractivity contribution in [2.45, 2.75) is 25.8 Å². The Morgan fingerprint density at radius 3 is 2.69 bits per heavy atom. The van der Waals surface area contributed by atoms with Crippen LogP contribution in [0, 0.1) is 0 Å². The van der Waals surface area contributed by atoms with Gasteiger partial charge < -0.3 is 9.64 Å². The Morgan fingerprint density at radius 2 is 2.23 bits per heavy atom. The average Bonchev–Trinajstić information content (AvgIpc) is 2.53. The summed E-state index contributed by atoms with van der Waals surface area (Å²) in [5.41, 5.74) is 0. The van der Waals surface area contributed by atoms with Crippen molar-refractivity contribution < 1.29 is 14.3 Å². The average molecular weight is 185 g/mol. The molecule has 0 aromatic rings. The van der Waals surface area contributed by atoms with Gasteiger partial charge in [0.25, 0.3) is 0 Å². The predicted molar refractivity (Wildman–Crippen MR) is 47.3 cm³/mol. The molecule has 0 bridgehead atoms. The van der Waals surface area contributed by atoms with Crippen molar-refractivity contribution in [3.63, 3.8) is 0 Å². The van der Waals surface area contributed by atoms with Gasteiger partial charge in [-0.2, -0.15) is 0 Å². The molecular formula is C9H15NO3. The van der Waals surface area contributed by atoms with E-state index in [1.807, 2.05) is 0 Å². The number of amides is 1. The molecule has 4 nitrogen and oxygen atoms in total. The third-order valence-electron chi connectivity index (χ3n) is 2.25. The Balaban J connectivity index is 2.41. The van der Waals surface area contributed by atoms with Crippen LogP contribution in [0.25, 0.3) is 0 Å². The zero-order chi connectivity index (χ0) is 9.84. The Labute approximate surface area is 77.8 Å². The van der Waals surface area contributed by atoms with Gasteiger partial charge in [-0.25, -0.2) is 0 Å². The summed E-state index contributed by atoms with van der Waals surface area (Å²) in [6, 6.07) is 0.159. The number of hydrogen-bond acceptors (Lipinski definition) is 3. The van der Waals surface area contributed by atoms with E-state index >= 15 is 0 Å². The first-order valence-corrected chi connectivity index (χ1v) is 4.44. The quantitative estimate of drug-likeness (QED) is 0.591. The first-order valence-electron chi connectivity index (χ1n) is 4.44. The number of hydrogen-bond donors (Lipinski definition) is 0. The topological polar surface area (TPSA) is 46.6 Å². The second kappa shape index (κ2) is 4.37. The largest absolute Gasteiger partial charge is 0.379 e. The molecule has 1 amide bonds. The van der Waals surface area contributed by atoms with Crippen molar-refractivity contribution in [1.82, 2.24) is 4.90 Å². The van der Waals surface area contributed by atoms with Gasteiger partial charge in [-0.1, -0.05) is 0 Å². The molecule has 0 aromatic heterocycles. The van der Waals surface area contributed by atoms with Crippen molar-refractivity contribution in [2.24, 2.45) is 0 Å². The molecule has 0 saturated carbocycles. The van der Waals surface area contributed by atoms with Crippen LogP contribution in [0.5, 0.6) is 0 Å². The number of carbonyl (C=O) groups excluding carboxylic acids is 2. The van der Waals surface area contributed by atoms with Gasteiger partial charge in [0, 0.05) is 13.7 Å². The zero-order valence-electron chi connectivity index (χ0n) is 8.08. The summed E-state index contributed by atoms with van der Waals surface area (Å²) in [7, 11) is 1.73. The molecule has 0 radical (unpaired) electrons. The van der Waals surface area contributed by atoms with Gasteiger partial charge >= 0.3 is 0 Å². The van der Waals surface area contributed by atoms with Crippen LogP contribution in [0.4, 0.5) is 0 Å². The van der Waals surface area contributed by atoms with Gasteiger partial charge in [0.15, 0.2) is 0 Å². The van der Waals surface area contributed by atoms with E-state index in [0.29, 0.717) is 13.2 Å². The molecular weight excluding hydrogens is 170 g/mol. The van der Waals surface area contributed by atoms with Crippen LogP contribution in [-0.2, 0) is 14.3 Å². The van der Waals surface area contributed by atoms with Gasteiger partial charge in [0.05, 0.1) is 19.1 Å². The fourth-order valence-electron chi connectivity index (χ4n) is 1.37. The van der Waals surface area contributed by atoms with Gasteiger partial charge in [0.1, 0.15) is 5.78 Å². The minimum absolute atomic E-state index is 0.00694. The maximum Gasteiger partial charge on any atom is 0.230 e. The number of ketones is 1. The van der Waals surface area contributed by atoms with Gasteiger partial charge in [-0.3, -0.25) is 9.59 Å². The highest BCUT2D eigenvalue weighted by molar-refractivity contribution is 5.96. The molecule has 0 aromatic carbocycles. The van der Waals surface area contributed by atoms with Crippen molar-refractivity contribution in [1.29, 1.82) is 0 Å². The van der Waals surface area contributed by atoms with Crippen molar-refractivity contribution in [3.8, 4) is 0 Å². The summed E-state index contributed by atoms with van der Waals surface area (Å²) in [4.78, 5) is 23.7. The Bertz CT molecular complexity index is 209. The standard InChI is InChI=1S/C9H15NO3/c1-7(11)5-9(12)10(2)8-3-4-13-6-8/h8H,3-6H2,1-2H3. The molecule has 1 atom stereocenters. The maximum atomic E-state index is 11.4. The lowest BCUT2D eigenvalue weighted by Gasteiger charge is -2.22. The van der Waals surface area contributed by atoms with Gasteiger partial charge in [0.2, 0.25) is 5.91 Å². The van der Waals surface area contributed by atoms with Crippen LogP contribution >= 0.6 is 0 Å². The van der Waals surface area contributed by atoms with Gasteiger partial charge in [-0.05, 0) is 13.3 Å². The first kappa shape index (κ1) is 10.2. The van der Waals surface area contributed by atoms with E-state index in [2.05, 4.69) is 0 Å². The number of Topliss-reactive ketones (excluding diaryl/α,β-unsaturated/α-hetero) is 1. The molecule has 13 heavy (non-hydrogen) atoms. The molecule has 1 unspecified atom stereocenters. The number of likely N-dealkylation sites (N-methyl/N-ethyl adjacent to an activating group) is 1. The highest BCUT2D eigenvalue weighted by Gasteiger charge is 2.24. The second-order valence-corrected chi connectivity index (χ2v) is 3.40. The summed E-state index contributed by atoms with van der Waals surface area (Å²) in [5, 5.41) is 0. The Morgan fingerprint density at radius 1 is 1.54 bits per heavy atom. The van der Waals surface area contributed by atoms with Crippen LogP contribution in [0.2, 0.25) is 0 Å². The summed E-state index contributed by atoms with van der Waals surface area (Å²) >= 11 is 0. The van der Waals surface area contributed by atoms with E-state index in [-0.39, 0.29) is 24.2 Å². The highest BCUT2D eigenvalue weighted by Crippen LogP contribution is 2.11. The Hall–Kier alpha value is -0.900. The van der Waals surface area contributed by atoms with Crippen LogP contribution in [0.15, 0.2) is 0 Å². The fourth-order valence-corrected chi connectivity index (χ4v) is 1.37. The third kappa shape index (κ3) is 2.81. The molecule has 1 saturated heterocycles. The summed E-state index contributed by atoms with van der Waals surface area (Å²) in [6.07, 6.45) is 0.882. The lowest BCUT2D eigenvalue weighted by atomic mass is 10.2. The number of nitrogens with zero attached hydrogens (tertiary/aromatic N) is 1. The normalized spacial score (nSPS) is 21.5. The molecule has 74 valence electrons. The lowest BCUT2D eigenvalue weighted by molar-refractivity contribution is -0.135. The molecule has 1 heterocycles. The first-order chi connectivity index (χ1) is 6.11. The van der Waals surface area contributed by atoms with Crippen LogP contribution in [0.3, 0.4) is 0 Å². The molecule has 1 rings (SSSR count). The van der Waals surface area contributed by atoms with E-state index < -0.39 is 0 Å². The third-order valence-corrected chi connectivity index (χ3v) is 2.25. The maximum absolute atomic E-state index is 11.4. The van der Waals surface area contributed by atoms with Crippen molar-refractivity contribution in [3.05, 3.63) is 0 Å². The number of ether oxygens (including phenoxy) is 1. The minimum Gasteiger partial charge on any atom is -0.379 e. The van der Waals surface area contributed by atoms with Crippen molar-refractivity contribution >= 4 is 11.7 Å². The summed E-state index contributed by atoms with van der Waals surface area (Å²) in [6.45, 7) is 2.74. The van der Waals surface area contributed by atoms with E-state index in [0.717, 1.165) is 6.42 Å². The summed E-state index contributed by atoms with van der Waals surface area (Å²) < 4.78 is 5.15. The van der Waals surface area contributed by atoms with E-state index in [1.54, 1.807) is 11.9 Å². The predicted octanol–water partition coefficient (Wildman–Crippen LogP) is 0.213. The second-order valence-electron chi connectivity index (χ2n) is 3.40. The fraction of sp³-hybridized carbons (Fsp3) is 0.778. The lowest BCUT2D eigenvalue weighted by Crippen LogP contribution is -2.38. The summed E-state index contributed by atoms with van der Waals surface area (Å²) in [5.74, 6) is -0.196.